The van der Waals surface area contributed by atoms with E-state index in [0.717, 1.165) is 5.56 Å². The number of benzene rings is 1. The molecule has 1 atom stereocenters. The van der Waals surface area contributed by atoms with Gasteiger partial charge >= 0.3 is 0 Å². The lowest BCUT2D eigenvalue weighted by Crippen LogP contribution is -2.28. The molecule has 0 aliphatic heterocycles. The predicted molar refractivity (Wildman–Crippen MR) is 65.3 cm³/mol. The number of nitrogens with two attached hydrogens (primary N) is 1. The highest BCUT2D eigenvalue weighted by Crippen LogP contribution is 2.13. The van der Waals surface area contributed by atoms with Crippen molar-refractivity contribution in [2.75, 3.05) is 26.0 Å². The first-order chi connectivity index (χ1) is 8.13. The molecule has 0 spiro atoms. The summed E-state index contributed by atoms with van der Waals surface area (Å²) in [5.41, 5.74) is 6.91. The fraction of sp³-hybridized carbons (Fsp3) is 0.417. The van der Waals surface area contributed by atoms with Crippen LogP contribution in [0.3, 0.4) is 0 Å². The van der Waals surface area contributed by atoms with Crippen LogP contribution in [0.15, 0.2) is 24.3 Å². The van der Waals surface area contributed by atoms with E-state index < -0.39 is 6.10 Å². The van der Waals surface area contributed by atoms with Gasteiger partial charge in [-0.3, -0.25) is 4.79 Å². The maximum Gasteiger partial charge on any atom is 0.222 e. The lowest BCUT2D eigenvalue weighted by molar-refractivity contribution is -0.122. The number of amides is 1. The Bertz CT molecular complexity index is 351. The molecule has 1 amide bonds. The van der Waals surface area contributed by atoms with E-state index in [4.69, 9.17) is 10.5 Å². The number of nitrogen functional groups attached to an aromatic ring is 1. The topological polar surface area (TPSA) is 84.6 Å². The number of rotatable bonds is 6. The molecule has 0 aliphatic rings. The van der Waals surface area contributed by atoms with Crippen molar-refractivity contribution in [1.29, 1.82) is 0 Å². The second-order valence-electron chi connectivity index (χ2n) is 3.73. The van der Waals surface area contributed by atoms with Crippen LogP contribution >= 0.6 is 0 Å². The van der Waals surface area contributed by atoms with E-state index in [1.165, 1.54) is 7.11 Å². The summed E-state index contributed by atoms with van der Waals surface area (Å²) < 4.78 is 4.78. The Labute approximate surface area is 101 Å². The number of ether oxygens (including phenoxy) is 1. The van der Waals surface area contributed by atoms with Crippen LogP contribution in [0.4, 0.5) is 5.69 Å². The lowest BCUT2D eigenvalue weighted by Gasteiger charge is -2.12. The van der Waals surface area contributed by atoms with Crippen molar-refractivity contribution in [3.05, 3.63) is 29.8 Å². The Morgan fingerprint density at radius 1 is 1.47 bits per heavy atom. The number of anilines is 1. The molecule has 1 unspecified atom stereocenters. The molecule has 5 nitrogen and oxygen atoms in total. The second-order valence-corrected chi connectivity index (χ2v) is 3.73. The van der Waals surface area contributed by atoms with E-state index in [1.54, 1.807) is 24.3 Å². The maximum absolute atomic E-state index is 11.3. The third-order valence-electron chi connectivity index (χ3n) is 2.35. The van der Waals surface area contributed by atoms with Gasteiger partial charge in [0.25, 0.3) is 0 Å². The third-order valence-corrected chi connectivity index (χ3v) is 2.35. The zero-order valence-corrected chi connectivity index (χ0v) is 9.85. The molecule has 1 rings (SSSR count). The highest BCUT2D eigenvalue weighted by molar-refractivity contribution is 5.75. The summed E-state index contributed by atoms with van der Waals surface area (Å²) in [5, 5.41) is 12.4. The van der Waals surface area contributed by atoms with Gasteiger partial charge in [-0.1, -0.05) is 12.1 Å². The molecule has 0 aromatic heterocycles. The molecule has 0 heterocycles. The Balaban J connectivity index is 2.36. The molecule has 5 heteroatoms. The number of hydrogen-bond acceptors (Lipinski definition) is 4. The summed E-state index contributed by atoms with van der Waals surface area (Å²) in [7, 11) is 1.54. The smallest absolute Gasteiger partial charge is 0.222 e. The number of nitrogens with one attached hydrogen (secondary N) is 1. The molecule has 0 bridgehead atoms. The molecule has 0 saturated heterocycles. The monoisotopic (exact) mass is 238 g/mol. The SMILES string of the molecule is COCCC(=O)NCC(O)c1ccc(N)cc1. The van der Waals surface area contributed by atoms with E-state index >= 15 is 0 Å². The first-order valence-electron chi connectivity index (χ1n) is 5.42. The normalized spacial score (nSPS) is 12.1. The number of methoxy groups -OCH3 is 1. The van der Waals surface area contributed by atoms with Gasteiger partial charge in [0.1, 0.15) is 0 Å². The molecule has 0 aliphatic carbocycles. The zero-order valence-electron chi connectivity index (χ0n) is 9.85. The van der Waals surface area contributed by atoms with E-state index in [2.05, 4.69) is 5.32 Å². The minimum atomic E-state index is -0.720. The Morgan fingerprint density at radius 2 is 2.12 bits per heavy atom. The summed E-state index contributed by atoms with van der Waals surface area (Å²) in [6.07, 6.45) is -0.424. The molecule has 1 aromatic rings. The Hall–Kier alpha value is -1.59. The quantitative estimate of drug-likeness (QED) is 0.628. The number of aliphatic hydroxyl groups excluding tert-OH is 1. The maximum atomic E-state index is 11.3. The first kappa shape index (κ1) is 13.5. The first-order valence-corrected chi connectivity index (χ1v) is 5.42. The lowest BCUT2D eigenvalue weighted by atomic mass is 10.1. The van der Waals surface area contributed by atoms with Crippen LogP contribution in [0.5, 0.6) is 0 Å². The molecule has 0 saturated carbocycles. The van der Waals surface area contributed by atoms with E-state index in [9.17, 15) is 9.90 Å². The van der Waals surface area contributed by atoms with Crippen molar-refractivity contribution < 1.29 is 14.6 Å². The number of carbonyl (C=O) groups excluding carboxylic acids is 1. The van der Waals surface area contributed by atoms with Gasteiger partial charge in [-0.05, 0) is 17.7 Å². The van der Waals surface area contributed by atoms with Gasteiger partial charge in [-0.15, -0.1) is 0 Å². The standard InChI is InChI=1S/C12H18N2O3/c1-17-7-6-12(16)14-8-11(15)9-2-4-10(13)5-3-9/h2-5,11,15H,6-8,13H2,1H3,(H,14,16). The molecule has 1 aromatic carbocycles. The number of aliphatic hydroxyl groups is 1. The van der Waals surface area contributed by atoms with Crippen molar-refractivity contribution in [3.8, 4) is 0 Å². The van der Waals surface area contributed by atoms with E-state index in [1.807, 2.05) is 0 Å². The van der Waals surface area contributed by atoms with Gasteiger partial charge in [-0.2, -0.15) is 0 Å². The summed E-state index contributed by atoms with van der Waals surface area (Å²) in [6, 6.07) is 6.90. The fourth-order valence-corrected chi connectivity index (χ4v) is 1.33. The van der Waals surface area contributed by atoms with Crippen molar-refractivity contribution in [3.63, 3.8) is 0 Å². The largest absolute Gasteiger partial charge is 0.399 e. The molecule has 4 N–H and O–H groups in total. The van der Waals surface area contributed by atoms with Gasteiger partial charge in [0.2, 0.25) is 5.91 Å². The Kier molecular flexibility index (Phi) is 5.45. The second kappa shape index (κ2) is 6.88. The van der Waals surface area contributed by atoms with Crippen molar-refractivity contribution in [2.45, 2.75) is 12.5 Å². The molecule has 94 valence electrons. The van der Waals surface area contributed by atoms with Crippen LogP contribution in [0.1, 0.15) is 18.1 Å². The minimum absolute atomic E-state index is 0.138. The molecule has 17 heavy (non-hydrogen) atoms. The zero-order chi connectivity index (χ0) is 12.7. The van der Waals surface area contributed by atoms with Gasteiger partial charge in [-0.25, -0.2) is 0 Å². The van der Waals surface area contributed by atoms with Crippen LogP contribution < -0.4 is 11.1 Å². The van der Waals surface area contributed by atoms with Crippen LogP contribution in [0.2, 0.25) is 0 Å². The van der Waals surface area contributed by atoms with E-state index in [0.29, 0.717) is 18.7 Å². The molecular formula is C12H18N2O3. The van der Waals surface area contributed by atoms with Crippen LogP contribution in [-0.2, 0) is 9.53 Å². The van der Waals surface area contributed by atoms with Crippen molar-refractivity contribution >= 4 is 11.6 Å². The average Bonchev–Trinajstić information content (AvgIpc) is 2.34. The summed E-state index contributed by atoms with van der Waals surface area (Å²) in [4.78, 5) is 11.3. The highest BCUT2D eigenvalue weighted by atomic mass is 16.5. The van der Waals surface area contributed by atoms with Gasteiger partial charge < -0.3 is 20.9 Å². The van der Waals surface area contributed by atoms with Gasteiger partial charge in [0.05, 0.1) is 12.7 Å². The summed E-state index contributed by atoms with van der Waals surface area (Å²) >= 11 is 0. The third kappa shape index (κ3) is 4.84. The number of carbonyl (C=O) groups is 1. The van der Waals surface area contributed by atoms with Crippen molar-refractivity contribution in [2.24, 2.45) is 0 Å². The highest BCUT2D eigenvalue weighted by Gasteiger charge is 2.08. The molecule has 0 fully saturated rings. The average molecular weight is 238 g/mol. The van der Waals surface area contributed by atoms with Crippen LogP contribution in [0, 0.1) is 0 Å². The Morgan fingerprint density at radius 3 is 2.71 bits per heavy atom. The van der Waals surface area contributed by atoms with Crippen molar-refractivity contribution in [1.82, 2.24) is 5.32 Å². The van der Waals surface area contributed by atoms with Gasteiger partial charge in [0, 0.05) is 25.8 Å². The van der Waals surface area contributed by atoms with E-state index in [-0.39, 0.29) is 12.5 Å². The van der Waals surface area contributed by atoms with Crippen LogP contribution in [0.25, 0.3) is 0 Å². The fourth-order valence-electron chi connectivity index (χ4n) is 1.33. The molecule has 0 radical (unpaired) electrons. The minimum Gasteiger partial charge on any atom is -0.399 e. The predicted octanol–water partition coefficient (Wildman–Crippen LogP) is 0.455. The van der Waals surface area contributed by atoms with Crippen LogP contribution in [-0.4, -0.2) is 31.3 Å². The summed E-state index contributed by atoms with van der Waals surface area (Å²) in [5.74, 6) is -0.138. The summed E-state index contributed by atoms with van der Waals surface area (Å²) in [6.45, 7) is 0.566. The van der Waals surface area contributed by atoms with Gasteiger partial charge in [0.15, 0.2) is 0 Å². The number of hydrogen-bond donors (Lipinski definition) is 3. The molecular weight excluding hydrogens is 220 g/mol.